The summed E-state index contributed by atoms with van der Waals surface area (Å²) in [4.78, 5) is 33.6. The highest BCUT2D eigenvalue weighted by atomic mass is 16.8. The van der Waals surface area contributed by atoms with E-state index in [-0.39, 0.29) is 0 Å². The molecule has 0 aromatic carbocycles. The lowest BCUT2D eigenvalue weighted by Gasteiger charge is -2.32. The Morgan fingerprint density at radius 3 is 1.63 bits per heavy atom. The second-order valence-corrected chi connectivity index (χ2v) is 3.55. The summed E-state index contributed by atoms with van der Waals surface area (Å²) in [7, 11) is 0. The topological polar surface area (TPSA) is 78.9 Å². The van der Waals surface area contributed by atoms with Crippen LogP contribution in [0, 0.1) is 0 Å². The first kappa shape index (κ1) is 16.6. The van der Waals surface area contributed by atoms with Gasteiger partial charge in [0.1, 0.15) is 0 Å². The molecule has 0 radical (unpaired) electrons. The summed E-state index contributed by atoms with van der Waals surface area (Å²) in [5.74, 6) is -4.21. The van der Waals surface area contributed by atoms with Gasteiger partial charge in [0.05, 0.1) is 0 Å². The molecule has 1 atom stereocenters. The van der Waals surface area contributed by atoms with Gasteiger partial charge >= 0.3 is 17.9 Å². The predicted octanol–water partition coefficient (Wildman–Crippen LogP) is 1.28. The summed E-state index contributed by atoms with van der Waals surface area (Å²) in [5, 5.41) is 0. The van der Waals surface area contributed by atoms with Crippen LogP contribution in [0.4, 0.5) is 0 Å². The van der Waals surface area contributed by atoms with E-state index in [0.29, 0.717) is 0 Å². The van der Waals surface area contributed by atoms with Crippen molar-refractivity contribution in [3.8, 4) is 0 Å². The average molecular weight is 268 g/mol. The minimum absolute atomic E-state index is 0.747. The Labute approximate surface area is 111 Å². The zero-order valence-electron chi connectivity index (χ0n) is 10.9. The molecule has 0 spiro atoms. The monoisotopic (exact) mass is 268 g/mol. The van der Waals surface area contributed by atoms with Gasteiger partial charge in [0.15, 0.2) is 6.10 Å². The van der Waals surface area contributed by atoms with E-state index in [2.05, 4.69) is 19.7 Å². The summed E-state index contributed by atoms with van der Waals surface area (Å²) in [6, 6.07) is 0. The SMILES string of the molecule is C=CC(=O)OC(C)C(C)(OC(=O)C=C)OC(=O)C=C. The van der Waals surface area contributed by atoms with Crippen LogP contribution in [-0.4, -0.2) is 29.8 Å². The van der Waals surface area contributed by atoms with Crippen LogP contribution in [0.5, 0.6) is 0 Å². The summed E-state index contributed by atoms with van der Waals surface area (Å²) in [6.45, 7) is 12.3. The van der Waals surface area contributed by atoms with Crippen molar-refractivity contribution >= 4 is 17.9 Å². The molecule has 0 N–H and O–H groups in total. The molecule has 0 aliphatic rings. The lowest BCUT2D eigenvalue weighted by atomic mass is 10.2. The standard InChI is InChI=1S/C13H16O6/c1-6-10(14)17-9(4)13(5,18-11(15)7-2)19-12(16)8-3/h6-9H,1-3H2,4-5H3. The number of rotatable bonds is 7. The van der Waals surface area contributed by atoms with Crippen molar-refractivity contribution in [2.75, 3.05) is 0 Å². The van der Waals surface area contributed by atoms with E-state index in [9.17, 15) is 14.4 Å². The summed E-state index contributed by atoms with van der Waals surface area (Å²) in [5.41, 5.74) is 0. The molecule has 0 saturated carbocycles. The van der Waals surface area contributed by atoms with Crippen molar-refractivity contribution in [2.24, 2.45) is 0 Å². The van der Waals surface area contributed by atoms with Crippen molar-refractivity contribution < 1.29 is 28.6 Å². The molecule has 0 aliphatic heterocycles. The molecule has 0 bridgehead atoms. The first-order valence-corrected chi connectivity index (χ1v) is 5.33. The lowest BCUT2D eigenvalue weighted by Crippen LogP contribution is -2.47. The van der Waals surface area contributed by atoms with Gasteiger partial charge in [-0.3, -0.25) is 0 Å². The molecule has 19 heavy (non-hydrogen) atoms. The van der Waals surface area contributed by atoms with E-state index in [1.807, 2.05) is 0 Å². The highest BCUT2D eigenvalue weighted by molar-refractivity contribution is 5.84. The van der Waals surface area contributed by atoms with Crippen molar-refractivity contribution in [2.45, 2.75) is 25.7 Å². The Kier molecular flexibility index (Phi) is 6.26. The maximum absolute atomic E-state index is 11.2. The zero-order chi connectivity index (χ0) is 15.1. The van der Waals surface area contributed by atoms with Crippen LogP contribution in [0.1, 0.15) is 13.8 Å². The van der Waals surface area contributed by atoms with Crippen LogP contribution in [0.15, 0.2) is 38.0 Å². The maximum atomic E-state index is 11.2. The van der Waals surface area contributed by atoms with E-state index < -0.39 is 29.8 Å². The number of hydrogen-bond acceptors (Lipinski definition) is 6. The number of esters is 3. The van der Waals surface area contributed by atoms with E-state index in [1.165, 1.54) is 13.8 Å². The Hall–Kier alpha value is -2.37. The lowest BCUT2D eigenvalue weighted by molar-refractivity contribution is -0.249. The molecule has 1 unspecified atom stereocenters. The minimum atomic E-state index is -1.80. The first-order valence-electron chi connectivity index (χ1n) is 5.33. The molecule has 0 saturated heterocycles. The smallest absolute Gasteiger partial charge is 0.333 e. The van der Waals surface area contributed by atoms with Gasteiger partial charge < -0.3 is 14.2 Å². The zero-order valence-corrected chi connectivity index (χ0v) is 10.9. The fraction of sp³-hybridized carbons (Fsp3) is 0.308. The number of ether oxygens (including phenoxy) is 3. The van der Waals surface area contributed by atoms with Crippen LogP contribution < -0.4 is 0 Å². The third-order valence-electron chi connectivity index (χ3n) is 2.14. The van der Waals surface area contributed by atoms with Crippen molar-refractivity contribution in [1.82, 2.24) is 0 Å². The molecule has 0 rings (SSSR count). The molecule has 0 amide bonds. The Morgan fingerprint density at radius 2 is 1.32 bits per heavy atom. The molecule has 0 aromatic heterocycles. The third kappa shape index (κ3) is 5.20. The van der Waals surface area contributed by atoms with Gasteiger partial charge in [-0.2, -0.15) is 0 Å². The first-order chi connectivity index (χ1) is 8.78. The highest BCUT2D eigenvalue weighted by Gasteiger charge is 2.41. The quantitative estimate of drug-likeness (QED) is 0.393. The minimum Gasteiger partial charge on any atom is -0.451 e. The van der Waals surface area contributed by atoms with Gasteiger partial charge in [0.2, 0.25) is 0 Å². The maximum Gasteiger partial charge on any atom is 0.333 e. The van der Waals surface area contributed by atoms with Crippen LogP contribution in [0.2, 0.25) is 0 Å². The third-order valence-corrected chi connectivity index (χ3v) is 2.14. The van der Waals surface area contributed by atoms with Gasteiger partial charge in [-0.25, -0.2) is 14.4 Å². The molecular formula is C13H16O6. The number of hydrogen-bond donors (Lipinski definition) is 0. The molecule has 6 nitrogen and oxygen atoms in total. The summed E-state index contributed by atoms with van der Waals surface area (Å²) < 4.78 is 14.7. The molecule has 0 fully saturated rings. The number of carbonyl (C=O) groups excluding carboxylic acids is 3. The van der Waals surface area contributed by atoms with Gasteiger partial charge in [-0.15, -0.1) is 0 Å². The average Bonchev–Trinajstić information content (AvgIpc) is 2.37. The van der Waals surface area contributed by atoms with Crippen LogP contribution in [-0.2, 0) is 28.6 Å². The molecule has 0 aromatic rings. The molecule has 104 valence electrons. The van der Waals surface area contributed by atoms with E-state index >= 15 is 0 Å². The van der Waals surface area contributed by atoms with Crippen molar-refractivity contribution in [3.63, 3.8) is 0 Å². The van der Waals surface area contributed by atoms with Crippen molar-refractivity contribution in [1.29, 1.82) is 0 Å². The van der Waals surface area contributed by atoms with E-state index in [1.54, 1.807) is 0 Å². The molecule has 6 heteroatoms. The largest absolute Gasteiger partial charge is 0.451 e. The summed E-state index contributed by atoms with van der Waals surface area (Å²) >= 11 is 0. The fourth-order valence-electron chi connectivity index (χ4n) is 0.999. The van der Waals surface area contributed by atoms with Gasteiger partial charge in [0.25, 0.3) is 5.79 Å². The summed E-state index contributed by atoms with van der Waals surface area (Å²) in [6.07, 6.45) is 1.66. The van der Waals surface area contributed by atoms with Crippen LogP contribution >= 0.6 is 0 Å². The van der Waals surface area contributed by atoms with Gasteiger partial charge in [-0.05, 0) is 6.92 Å². The van der Waals surface area contributed by atoms with Crippen LogP contribution in [0.25, 0.3) is 0 Å². The van der Waals surface area contributed by atoms with E-state index in [4.69, 9.17) is 14.2 Å². The normalized spacial score (nSPS) is 11.7. The molecule has 0 aliphatic carbocycles. The van der Waals surface area contributed by atoms with E-state index in [0.717, 1.165) is 18.2 Å². The predicted molar refractivity (Wildman–Crippen MR) is 66.7 cm³/mol. The van der Waals surface area contributed by atoms with Crippen LogP contribution in [0.3, 0.4) is 0 Å². The second-order valence-electron chi connectivity index (χ2n) is 3.55. The Bertz CT molecular complexity index is 387. The van der Waals surface area contributed by atoms with Gasteiger partial charge in [0, 0.05) is 25.2 Å². The van der Waals surface area contributed by atoms with Gasteiger partial charge in [-0.1, -0.05) is 19.7 Å². The second kappa shape index (κ2) is 7.15. The molecular weight excluding hydrogens is 252 g/mol. The Balaban J connectivity index is 5.11. The Morgan fingerprint density at radius 1 is 0.947 bits per heavy atom. The number of carbonyl (C=O) groups is 3. The molecule has 0 heterocycles. The fourth-order valence-corrected chi connectivity index (χ4v) is 0.999. The highest BCUT2D eigenvalue weighted by Crippen LogP contribution is 2.22. The van der Waals surface area contributed by atoms with Crippen molar-refractivity contribution in [3.05, 3.63) is 38.0 Å².